The average molecular weight is 169 g/mol. The van der Waals surface area contributed by atoms with E-state index in [-0.39, 0.29) is 0 Å². The summed E-state index contributed by atoms with van der Waals surface area (Å²) in [6, 6.07) is 7.43. The third-order valence-corrected chi connectivity index (χ3v) is 1.98. The van der Waals surface area contributed by atoms with Gasteiger partial charge in [0.2, 0.25) is 0 Å². The topological polar surface area (TPSA) is 22.1 Å². The predicted octanol–water partition coefficient (Wildman–Crippen LogP) is 1.04. The van der Waals surface area contributed by atoms with Crippen LogP contribution in [0.1, 0.15) is 0 Å². The zero-order valence-electron chi connectivity index (χ0n) is 7.32. The molecule has 0 amide bonds. The first-order valence-electron chi connectivity index (χ1n) is 3.99. The molecule has 0 aliphatic rings. The fourth-order valence-electron chi connectivity index (χ4n) is 1.27. The number of aromatic nitrogens is 1. The molecule has 0 saturated heterocycles. The average Bonchev–Trinajstić information content (AvgIpc) is 2.18. The van der Waals surface area contributed by atoms with Crippen LogP contribution in [0.2, 0.25) is 0 Å². The number of hydrogen-bond donors (Lipinski definition) is 0. The Morgan fingerprint density at radius 3 is 2.92 bits per heavy atom. The molecule has 0 spiro atoms. The molecule has 0 aliphatic heterocycles. The Bertz CT molecular complexity index is 442. The van der Waals surface area contributed by atoms with Crippen LogP contribution in [0.15, 0.2) is 30.5 Å². The first-order chi connectivity index (χ1) is 6.31. The van der Waals surface area contributed by atoms with E-state index in [1.54, 1.807) is 19.4 Å². The van der Waals surface area contributed by atoms with Gasteiger partial charge in [0.1, 0.15) is 13.6 Å². The molecule has 13 heavy (non-hydrogen) atoms. The molecule has 0 aliphatic carbocycles. The highest BCUT2D eigenvalue weighted by Gasteiger charge is 1.98. The first kappa shape index (κ1) is 8.11. The van der Waals surface area contributed by atoms with E-state index < -0.39 is 0 Å². The molecule has 0 bridgehead atoms. The third kappa shape index (κ3) is 1.37. The number of hydrogen-bond acceptors (Lipinski definition) is 2. The highest BCUT2D eigenvalue weighted by molar-refractivity contribution is 6.38. The van der Waals surface area contributed by atoms with Crippen molar-refractivity contribution >= 4 is 24.2 Å². The van der Waals surface area contributed by atoms with E-state index in [1.807, 2.05) is 18.2 Å². The zero-order valence-corrected chi connectivity index (χ0v) is 7.32. The normalized spacial score (nSPS) is 10.2. The molecule has 3 heteroatoms. The first-order valence-corrected chi connectivity index (χ1v) is 3.99. The summed E-state index contributed by atoms with van der Waals surface area (Å²) in [6.07, 6.45) is 1.70. The van der Waals surface area contributed by atoms with Gasteiger partial charge >= 0.3 is 0 Å². The molecule has 2 rings (SSSR count). The van der Waals surface area contributed by atoms with Crippen LogP contribution in [0.5, 0.6) is 5.75 Å². The van der Waals surface area contributed by atoms with Gasteiger partial charge in [-0.15, -0.1) is 0 Å². The maximum Gasteiger partial charge on any atom is 0.119 e. The summed E-state index contributed by atoms with van der Waals surface area (Å²) in [5.41, 5.74) is 1.62. The second-order valence-electron chi connectivity index (χ2n) is 2.78. The van der Waals surface area contributed by atoms with Gasteiger partial charge in [-0.25, -0.2) is 0 Å². The lowest BCUT2D eigenvalue weighted by Gasteiger charge is -2.03. The van der Waals surface area contributed by atoms with E-state index in [2.05, 4.69) is 4.98 Å². The van der Waals surface area contributed by atoms with Crippen LogP contribution in [0.4, 0.5) is 0 Å². The van der Waals surface area contributed by atoms with Crippen LogP contribution >= 0.6 is 0 Å². The fourth-order valence-corrected chi connectivity index (χ4v) is 1.27. The fraction of sp³-hybridized carbons (Fsp3) is 0.100. The Labute approximate surface area is 78.0 Å². The molecule has 0 unspecified atom stereocenters. The van der Waals surface area contributed by atoms with Gasteiger partial charge in [-0.2, -0.15) is 0 Å². The van der Waals surface area contributed by atoms with E-state index in [1.165, 1.54) is 0 Å². The van der Waals surface area contributed by atoms with Crippen molar-refractivity contribution in [2.45, 2.75) is 0 Å². The lowest BCUT2D eigenvalue weighted by atomic mass is 9.92. The molecular weight excluding hydrogens is 161 g/mol. The molecule has 0 fully saturated rings. The van der Waals surface area contributed by atoms with Gasteiger partial charge < -0.3 is 4.74 Å². The van der Waals surface area contributed by atoms with Gasteiger partial charge in [0.25, 0.3) is 0 Å². The molecule has 2 aromatic rings. The molecule has 0 N–H and O–H groups in total. The number of pyridine rings is 1. The van der Waals surface area contributed by atoms with Gasteiger partial charge in [-0.05, 0) is 23.6 Å². The number of rotatable bonds is 1. The molecule has 1 heterocycles. The minimum Gasteiger partial charge on any atom is -0.497 e. The second kappa shape index (κ2) is 3.09. The summed E-state index contributed by atoms with van der Waals surface area (Å²) in [7, 11) is 7.42. The van der Waals surface area contributed by atoms with Crippen LogP contribution in [-0.2, 0) is 0 Å². The van der Waals surface area contributed by atoms with Gasteiger partial charge in [-0.3, -0.25) is 4.98 Å². The Morgan fingerprint density at radius 1 is 1.31 bits per heavy atom. The van der Waals surface area contributed by atoms with Crippen molar-refractivity contribution in [1.82, 2.24) is 4.98 Å². The van der Waals surface area contributed by atoms with Crippen LogP contribution in [-0.4, -0.2) is 19.9 Å². The maximum atomic E-state index is 5.78. The van der Waals surface area contributed by atoms with E-state index >= 15 is 0 Å². The van der Waals surface area contributed by atoms with E-state index in [0.717, 1.165) is 22.1 Å². The Kier molecular flexibility index (Phi) is 1.93. The van der Waals surface area contributed by atoms with E-state index in [4.69, 9.17) is 12.6 Å². The van der Waals surface area contributed by atoms with Crippen LogP contribution in [0.3, 0.4) is 0 Å². The largest absolute Gasteiger partial charge is 0.497 e. The standard InChI is InChI=1S/C10H8BNO/c1-13-7-2-3-10-8(6-7)9(11)4-5-12-10/h2-6H,1H3. The predicted molar refractivity (Wildman–Crippen MR) is 53.7 cm³/mol. The molecule has 62 valence electrons. The summed E-state index contributed by atoms with van der Waals surface area (Å²) < 4.78 is 5.09. The quantitative estimate of drug-likeness (QED) is 0.595. The minimum atomic E-state index is 0.726. The number of nitrogens with zero attached hydrogens (tertiary/aromatic N) is 1. The van der Waals surface area contributed by atoms with Crippen LogP contribution in [0.25, 0.3) is 10.9 Å². The maximum absolute atomic E-state index is 5.78. The van der Waals surface area contributed by atoms with Crippen molar-refractivity contribution in [2.24, 2.45) is 0 Å². The zero-order chi connectivity index (χ0) is 9.26. The van der Waals surface area contributed by atoms with Gasteiger partial charge in [-0.1, -0.05) is 11.5 Å². The molecule has 2 radical (unpaired) electrons. The summed E-state index contributed by atoms with van der Waals surface area (Å²) in [6.45, 7) is 0. The van der Waals surface area contributed by atoms with Gasteiger partial charge in [0, 0.05) is 6.20 Å². The van der Waals surface area contributed by atoms with Crippen molar-refractivity contribution in [3.8, 4) is 5.75 Å². The summed E-state index contributed by atoms with van der Waals surface area (Å²) in [5, 5.41) is 0.932. The minimum absolute atomic E-state index is 0.726. The molecule has 0 saturated carbocycles. The summed E-state index contributed by atoms with van der Waals surface area (Å²) in [5.74, 6) is 0.798. The lowest BCUT2D eigenvalue weighted by Crippen LogP contribution is -2.03. The summed E-state index contributed by atoms with van der Waals surface area (Å²) >= 11 is 0. The highest BCUT2D eigenvalue weighted by atomic mass is 16.5. The van der Waals surface area contributed by atoms with Crippen molar-refractivity contribution in [3.05, 3.63) is 30.5 Å². The van der Waals surface area contributed by atoms with Crippen LogP contribution < -0.4 is 10.2 Å². The number of ether oxygens (including phenoxy) is 1. The van der Waals surface area contributed by atoms with Gasteiger partial charge in [0.05, 0.1) is 12.6 Å². The molecule has 0 atom stereocenters. The van der Waals surface area contributed by atoms with Crippen molar-refractivity contribution in [2.75, 3.05) is 7.11 Å². The summed E-state index contributed by atoms with van der Waals surface area (Å²) in [4.78, 5) is 4.18. The van der Waals surface area contributed by atoms with E-state index in [9.17, 15) is 0 Å². The van der Waals surface area contributed by atoms with Crippen LogP contribution in [0, 0.1) is 0 Å². The van der Waals surface area contributed by atoms with Crippen molar-refractivity contribution in [3.63, 3.8) is 0 Å². The van der Waals surface area contributed by atoms with E-state index in [0.29, 0.717) is 0 Å². The SMILES string of the molecule is [B]c1ccnc2ccc(OC)cc12. The number of fused-ring (bicyclic) bond motifs is 1. The molecule has 1 aromatic heterocycles. The third-order valence-electron chi connectivity index (χ3n) is 1.98. The monoisotopic (exact) mass is 169 g/mol. The molecule has 2 nitrogen and oxygen atoms in total. The Morgan fingerprint density at radius 2 is 2.15 bits per heavy atom. The highest BCUT2D eigenvalue weighted by Crippen LogP contribution is 2.16. The molecular formula is C10H8BNO. The Balaban J connectivity index is 2.74. The molecule has 1 aromatic carbocycles. The number of benzene rings is 1. The Hall–Kier alpha value is -1.51. The lowest BCUT2D eigenvalue weighted by molar-refractivity contribution is 0.415. The second-order valence-corrected chi connectivity index (χ2v) is 2.78. The smallest absolute Gasteiger partial charge is 0.119 e. The van der Waals surface area contributed by atoms with Crippen molar-refractivity contribution in [1.29, 1.82) is 0 Å². The van der Waals surface area contributed by atoms with Crippen molar-refractivity contribution < 1.29 is 4.74 Å². The number of methoxy groups -OCH3 is 1. The van der Waals surface area contributed by atoms with Gasteiger partial charge in [0.15, 0.2) is 0 Å².